The molecule has 2 rings (SSSR count). The fourth-order valence-electron chi connectivity index (χ4n) is 1.99. The Morgan fingerprint density at radius 3 is 2.87 bits per heavy atom. The van der Waals surface area contributed by atoms with Crippen molar-refractivity contribution in [2.75, 3.05) is 18.5 Å². The molecule has 0 aliphatic carbocycles. The number of amides is 2. The highest BCUT2D eigenvalue weighted by Crippen LogP contribution is 2.29. The van der Waals surface area contributed by atoms with Crippen LogP contribution in [0, 0.1) is 0 Å². The fraction of sp³-hybridized carbons (Fsp3) is 0.533. The van der Waals surface area contributed by atoms with Crippen molar-refractivity contribution in [2.24, 2.45) is 0 Å². The van der Waals surface area contributed by atoms with Gasteiger partial charge in [-0.3, -0.25) is 5.32 Å². The molecule has 7 nitrogen and oxygen atoms in total. The largest absolute Gasteiger partial charge is 0.445 e. The lowest BCUT2D eigenvalue weighted by Gasteiger charge is -2.29. The van der Waals surface area contributed by atoms with E-state index in [1.807, 2.05) is 20.8 Å². The molecule has 1 N–H and O–H groups in total. The summed E-state index contributed by atoms with van der Waals surface area (Å²) < 4.78 is 10.2. The minimum Gasteiger partial charge on any atom is -0.445 e. The number of carbonyl (C=O) groups excluding carboxylic acids is 2. The van der Waals surface area contributed by atoms with Crippen LogP contribution in [-0.2, 0) is 22.4 Å². The maximum Gasteiger partial charge on any atom is 0.413 e. The molecule has 2 amide bonds. The fourth-order valence-corrected chi connectivity index (χ4v) is 3.00. The number of thiazole rings is 1. The number of ether oxygens (including phenoxy) is 2. The molecule has 23 heavy (non-hydrogen) atoms. The third-order valence-electron chi connectivity index (χ3n) is 2.92. The van der Waals surface area contributed by atoms with Crippen LogP contribution >= 0.6 is 11.3 Å². The van der Waals surface area contributed by atoms with Gasteiger partial charge in [0.25, 0.3) is 0 Å². The molecule has 0 fully saturated rings. The molecule has 0 spiro atoms. The monoisotopic (exact) mass is 339 g/mol. The molecule has 126 valence electrons. The van der Waals surface area contributed by atoms with Crippen molar-refractivity contribution in [2.45, 2.75) is 39.3 Å². The lowest BCUT2D eigenvalue weighted by Crippen LogP contribution is -2.39. The predicted molar refractivity (Wildman–Crippen MR) is 87.6 cm³/mol. The number of nitrogens with one attached hydrogen (secondary N) is 1. The Kier molecular flexibility index (Phi) is 5.25. The second-order valence-corrected chi connectivity index (χ2v) is 7.14. The first kappa shape index (κ1) is 17.3. The first-order chi connectivity index (χ1) is 10.8. The van der Waals surface area contributed by atoms with E-state index in [4.69, 9.17) is 9.47 Å². The van der Waals surface area contributed by atoms with E-state index in [0.717, 1.165) is 10.6 Å². The zero-order chi connectivity index (χ0) is 17.0. The topological polar surface area (TPSA) is 80.8 Å². The van der Waals surface area contributed by atoms with Crippen molar-refractivity contribution >= 4 is 28.7 Å². The van der Waals surface area contributed by atoms with Crippen LogP contribution in [-0.4, -0.2) is 40.8 Å². The van der Waals surface area contributed by atoms with Gasteiger partial charge in [0, 0.05) is 17.8 Å². The Bertz CT molecular complexity index is 606. The number of nitrogens with zero attached hydrogens (tertiary/aromatic N) is 2. The Morgan fingerprint density at radius 1 is 1.48 bits per heavy atom. The number of hydrogen-bond donors (Lipinski definition) is 1. The smallest absolute Gasteiger partial charge is 0.413 e. The van der Waals surface area contributed by atoms with E-state index in [-0.39, 0.29) is 12.7 Å². The van der Waals surface area contributed by atoms with Crippen LogP contribution in [0.5, 0.6) is 0 Å². The van der Waals surface area contributed by atoms with Gasteiger partial charge in [-0.25, -0.2) is 14.6 Å². The Hall–Kier alpha value is -2.09. The molecule has 0 atom stereocenters. The summed E-state index contributed by atoms with van der Waals surface area (Å²) in [5.74, 6) is 0. The summed E-state index contributed by atoms with van der Waals surface area (Å²) in [6.45, 7) is 10.1. The van der Waals surface area contributed by atoms with Gasteiger partial charge in [0.1, 0.15) is 12.2 Å². The highest BCUT2D eigenvalue weighted by Gasteiger charge is 2.28. The SMILES string of the molecule is C=CCOC(=O)Nc1nc2c(s1)CN(C(=O)OC(C)(C)C)CC2. The summed E-state index contributed by atoms with van der Waals surface area (Å²) in [6.07, 6.45) is 1.22. The van der Waals surface area contributed by atoms with Crippen molar-refractivity contribution in [1.82, 2.24) is 9.88 Å². The molecule has 1 aromatic rings. The van der Waals surface area contributed by atoms with Gasteiger partial charge in [-0.05, 0) is 20.8 Å². The van der Waals surface area contributed by atoms with Crippen molar-refractivity contribution in [3.8, 4) is 0 Å². The van der Waals surface area contributed by atoms with E-state index in [9.17, 15) is 9.59 Å². The predicted octanol–water partition coefficient (Wildman–Crippen LogP) is 3.17. The Labute approximate surface area is 139 Å². The zero-order valence-corrected chi connectivity index (χ0v) is 14.4. The first-order valence-electron chi connectivity index (χ1n) is 7.29. The summed E-state index contributed by atoms with van der Waals surface area (Å²) in [5, 5.41) is 3.05. The van der Waals surface area contributed by atoms with Gasteiger partial charge in [-0.1, -0.05) is 24.0 Å². The number of hydrogen-bond acceptors (Lipinski definition) is 6. The molecule has 0 saturated carbocycles. The molecule has 1 aliphatic rings. The van der Waals surface area contributed by atoms with Crippen molar-refractivity contribution in [3.63, 3.8) is 0 Å². The van der Waals surface area contributed by atoms with Crippen LogP contribution in [0.1, 0.15) is 31.3 Å². The molecule has 0 saturated heterocycles. The lowest BCUT2D eigenvalue weighted by molar-refractivity contribution is 0.0225. The highest BCUT2D eigenvalue weighted by molar-refractivity contribution is 7.15. The number of anilines is 1. The number of rotatable bonds is 3. The van der Waals surface area contributed by atoms with Crippen LogP contribution < -0.4 is 5.32 Å². The molecule has 2 heterocycles. The maximum atomic E-state index is 12.1. The molecule has 8 heteroatoms. The van der Waals surface area contributed by atoms with Gasteiger partial charge in [0.05, 0.1) is 12.2 Å². The number of carbonyl (C=O) groups is 2. The normalized spacial score (nSPS) is 14.0. The van der Waals surface area contributed by atoms with E-state index in [1.54, 1.807) is 4.90 Å². The second kappa shape index (κ2) is 6.99. The zero-order valence-electron chi connectivity index (χ0n) is 13.5. The first-order valence-corrected chi connectivity index (χ1v) is 8.11. The quantitative estimate of drug-likeness (QED) is 0.856. The van der Waals surface area contributed by atoms with E-state index in [0.29, 0.717) is 24.6 Å². The Balaban J connectivity index is 1.97. The summed E-state index contributed by atoms with van der Waals surface area (Å²) >= 11 is 1.34. The second-order valence-electron chi connectivity index (χ2n) is 6.05. The van der Waals surface area contributed by atoms with Gasteiger partial charge in [-0.2, -0.15) is 0 Å². The standard InChI is InChI=1S/C15H21N3O4S/c1-5-8-21-13(19)17-12-16-10-6-7-18(9-11(10)23-12)14(20)22-15(2,3)4/h5H,1,6-9H2,2-4H3,(H,16,17,19). The third-order valence-corrected chi connectivity index (χ3v) is 3.92. The maximum absolute atomic E-state index is 12.1. The van der Waals surface area contributed by atoms with E-state index >= 15 is 0 Å². The average molecular weight is 339 g/mol. The minimum absolute atomic E-state index is 0.142. The molecular weight excluding hydrogens is 318 g/mol. The lowest BCUT2D eigenvalue weighted by atomic mass is 10.2. The average Bonchev–Trinajstić information content (AvgIpc) is 2.84. The van der Waals surface area contributed by atoms with Crippen LogP contribution in [0.25, 0.3) is 0 Å². The van der Waals surface area contributed by atoms with Gasteiger partial charge in [0.2, 0.25) is 0 Å². The molecule has 0 radical (unpaired) electrons. The Morgan fingerprint density at radius 2 is 2.22 bits per heavy atom. The highest BCUT2D eigenvalue weighted by atomic mass is 32.1. The van der Waals surface area contributed by atoms with Crippen LogP contribution in [0.15, 0.2) is 12.7 Å². The van der Waals surface area contributed by atoms with Crippen molar-refractivity contribution in [3.05, 3.63) is 23.2 Å². The van der Waals surface area contributed by atoms with Crippen LogP contribution in [0.2, 0.25) is 0 Å². The molecule has 0 unspecified atom stereocenters. The van der Waals surface area contributed by atoms with E-state index < -0.39 is 11.7 Å². The van der Waals surface area contributed by atoms with Crippen LogP contribution in [0.3, 0.4) is 0 Å². The molecule has 0 bridgehead atoms. The molecule has 0 aromatic carbocycles. The summed E-state index contributed by atoms with van der Waals surface area (Å²) in [5.41, 5.74) is 0.376. The van der Waals surface area contributed by atoms with Crippen LogP contribution in [0.4, 0.5) is 14.7 Å². The van der Waals surface area contributed by atoms with E-state index in [2.05, 4.69) is 16.9 Å². The minimum atomic E-state index is -0.569. The van der Waals surface area contributed by atoms with Gasteiger partial charge >= 0.3 is 12.2 Å². The van der Waals surface area contributed by atoms with E-state index in [1.165, 1.54) is 17.4 Å². The molecule has 1 aromatic heterocycles. The van der Waals surface area contributed by atoms with Gasteiger partial charge < -0.3 is 14.4 Å². The molecule has 1 aliphatic heterocycles. The summed E-state index contributed by atoms with van der Waals surface area (Å²) in [4.78, 5) is 30.6. The van der Waals surface area contributed by atoms with Gasteiger partial charge in [0.15, 0.2) is 5.13 Å². The van der Waals surface area contributed by atoms with Gasteiger partial charge in [-0.15, -0.1) is 0 Å². The van der Waals surface area contributed by atoms with Crippen molar-refractivity contribution in [1.29, 1.82) is 0 Å². The van der Waals surface area contributed by atoms with Crippen molar-refractivity contribution < 1.29 is 19.1 Å². The molecular formula is C15H21N3O4S. The number of aromatic nitrogens is 1. The number of fused-ring (bicyclic) bond motifs is 1. The summed E-state index contributed by atoms with van der Waals surface area (Å²) in [6, 6.07) is 0. The summed E-state index contributed by atoms with van der Waals surface area (Å²) in [7, 11) is 0. The third kappa shape index (κ3) is 4.95.